The standard InChI is InChI=1S/C10H14FN5O3S/c11-20(18,19)15-4-3-7(6-15)13-10(17)9-5-12-14-16(9)8-1-2-8/h5,7-8H,1-4,6H2,(H,13,17). The van der Waals surface area contributed by atoms with Crippen LogP contribution in [0.1, 0.15) is 35.8 Å². The molecule has 2 heterocycles. The number of amides is 1. The first-order valence-corrected chi connectivity index (χ1v) is 7.70. The average molecular weight is 303 g/mol. The molecule has 2 fully saturated rings. The van der Waals surface area contributed by atoms with Gasteiger partial charge in [-0.05, 0) is 19.3 Å². The molecule has 0 bridgehead atoms. The van der Waals surface area contributed by atoms with Crippen LogP contribution in [0.2, 0.25) is 0 Å². The van der Waals surface area contributed by atoms with E-state index in [4.69, 9.17) is 0 Å². The van der Waals surface area contributed by atoms with E-state index in [1.54, 1.807) is 4.68 Å². The van der Waals surface area contributed by atoms with E-state index in [2.05, 4.69) is 15.6 Å². The molecule has 1 aromatic rings. The summed E-state index contributed by atoms with van der Waals surface area (Å²) in [6, 6.07) is -0.167. The third-order valence-electron chi connectivity index (χ3n) is 3.49. The first-order chi connectivity index (χ1) is 9.45. The lowest BCUT2D eigenvalue weighted by Gasteiger charge is -2.13. The Bertz CT molecular complexity index is 627. The largest absolute Gasteiger partial charge is 0.374 e. The maximum absolute atomic E-state index is 12.8. The maximum atomic E-state index is 12.8. The van der Waals surface area contributed by atoms with Gasteiger partial charge in [0, 0.05) is 19.1 Å². The summed E-state index contributed by atoms with van der Waals surface area (Å²) in [6.45, 7) is 0.0273. The molecule has 0 radical (unpaired) electrons. The monoisotopic (exact) mass is 303 g/mol. The first-order valence-electron chi connectivity index (χ1n) is 6.36. The zero-order chi connectivity index (χ0) is 14.3. The predicted molar refractivity (Wildman–Crippen MR) is 65.8 cm³/mol. The van der Waals surface area contributed by atoms with Crippen molar-refractivity contribution in [3.05, 3.63) is 11.9 Å². The molecule has 1 atom stereocenters. The van der Waals surface area contributed by atoms with Crippen LogP contribution < -0.4 is 5.32 Å². The van der Waals surface area contributed by atoms with Gasteiger partial charge in [0.05, 0.1) is 12.2 Å². The zero-order valence-corrected chi connectivity index (χ0v) is 11.4. The molecule has 1 aliphatic carbocycles. The molecule has 110 valence electrons. The molecule has 1 aliphatic heterocycles. The van der Waals surface area contributed by atoms with Crippen molar-refractivity contribution in [1.82, 2.24) is 24.6 Å². The summed E-state index contributed by atoms with van der Waals surface area (Å²) in [4.78, 5) is 12.1. The molecule has 1 saturated carbocycles. The van der Waals surface area contributed by atoms with E-state index in [1.165, 1.54) is 6.20 Å². The van der Waals surface area contributed by atoms with E-state index in [9.17, 15) is 17.1 Å². The van der Waals surface area contributed by atoms with E-state index in [0.29, 0.717) is 16.4 Å². The van der Waals surface area contributed by atoms with E-state index in [-0.39, 0.29) is 25.0 Å². The topological polar surface area (TPSA) is 97.2 Å². The second-order valence-electron chi connectivity index (χ2n) is 5.05. The number of nitrogens with one attached hydrogen (secondary N) is 1. The molecule has 0 spiro atoms. The smallest absolute Gasteiger partial charge is 0.347 e. The molecule has 3 rings (SSSR count). The number of carbonyl (C=O) groups is 1. The minimum atomic E-state index is -4.68. The van der Waals surface area contributed by atoms with Crippen LogP contribution in [0.25, 0.3) is 0 Å². The van der Waals surface area contributed by atoms with Gasteiger partial charge in [-0.2, -0.15) is 12.7 Å². The molecule has 1 aromatic heterocycles. The van der Waals surface area contributed by atoms with Crippen LogP contribution in [-0.4, -0.2) is 52.8 Å². The lowest BCUT2D eigenvalue weighted by atomic mass is 10.2. The Labute approximate surface area is 115 Å². The fourth-order valence-electron chi connectivity index (χ4n) is 2.30. The highest BCUT2D eigenvalue weighted by molar-refractivity contribution is 7.83. The van der Waals surface area contributed by atoms with Crippen molar-refractivity contribution in [1.29, 1.82) is 0 Å². The van der Waals surface area contributed by atoms with Gasteiger partial charge >= 0.3 is 10.4 Å². The van der Waals surface area contributed by atoms with Crippen molar-refractivity contribution in [2.24, 2.45) is 0 Å². The van der Waals surface area contributed by atoms with Crippen molar-refractivity contribution in [3.8, 4) is 0 Å². The molecule has 1 unspecified atom stereocenters. The summed E-state index contributed by atoms with van der Waals surface area (Å²) in [5.41, 5.74) is 0.356. The van der Waals surface area contributed by atoms with Crippen molar-refractivity contribution in [3.63, 3.8) is 0 Å². The van der Waals surface area contributed by atoms with E-state index < -0.39 is 16.5 Å². The quantitative estimate of drug-likeness (QED) is 0.766. The van der Waals surface area contributed by atoms with Gasteiger partial charge in [-0.3, -0.25) is 4.79 Å². The van der Waals surface area contributed by atoms with E-state index >= 15 is 0 Å². The van der Waals surface area contributed by atoms with Gasteiger partial charge in [0.1, 0.15) is 5.69 Å². The van der Waals surface area contributed by atoms with Crippen molar-refractivity contribution >= 4 is 16.3 Å². The predicted octanol–water partition coefficient (Wildman–Crippen LogP) is -0.369. The number of halogens is 1. The minimum absolute atomic E-state index is 0.0461. The van der Waals surface area contributed by atoms with Crippen molar-refractivity contribution in [2.75, 3.05) is 13.1 Å². The highest BCUT2D eigenvalue weighted by atomic mass is 32.3. The van der Waals surface area contributed by atoms with Gasteiger partial charge < -0.3 is 5.32 Å². The van der Waals surface area contributed by atoms with E-state index in [0.717, 1.165) is 12.8 Å². The van der Waals surface area contributed by atoms with Crippen LogP contribution in [0.3, 0.4) is 0 Å². The summed E-state index contributed by atoms with van der Waals surface area (Å²) in [5.74, 6) is -0.356. The van der Waals surface area contributed by atoms with Crippen molar-refractivity contribution < 1.29 is 17.1 Å². The molecule has 20 heavy (non-hydrogen) atoms. The Morgan fingerprint density at radius 3 is 2.75 bits per heavy atom. The second-order valence-corrected chi connectivity index (χ2v) is 6.39. The molecule has 0 aromatic carbocycles. The molecular weight excluding hydrogens is 289 g/mol. The highest BCUT2D eigenvalue weighted by Gasteiger charge is 2.34. The van der Waals surface area contributed by atoms with Crippen molar-refractivity contribution in [2.45, 2.75) is 31.3 Å². The molecular formula is C10H14FN5O3S. The summed E-state index contributed by atoms with van der Waals surface area (Å²) < 4.78 is 36.6. The Morgan fingerprint density at radius 1 is 1.40 bits per heavy atom. The number of aromatic nitrogens is 3. The van der Waals surface area contributed by atoms with Gasteiger partial charge in [-0.15, -0.1) is 5.10 Å². The Balaban J connectivity index is 1.64. The zero-order valence-electron chi connectivity index (χ0n) is 10.6. The van der Waals surface area contributed by atoms with Gasteiger partial charge in [0.25, 0.3) is 5.91 Å². The van der Waals surface area contributed by atoms with E-state index in [1.807, 2.05) is 0 Å². The molecule has 1 N–H and O–H groups in total. The third-order valence-corrected chi connectivity index (χ3v) is 4.44. The van der Waals surface area contributed by atoms with Crippen LogP contribution in [0.4, 0.5) is 3.89 Å². The van der Waals surface area contributed by atoms with Crippen LogP contribution in [-0.2, 0) is 10.4 Å². The summed E-state index contributed by atoms with van der Waals surface area (Å²) in [6.07, 6.45) is 3.72. The number of nitrogens with zero attached hydrogens (tertiary/aromatic N) is 4. The summed E-state index contributed by atoms with van der Waals surface area (Å²) in [7, 11) is -4.68. The van der Waals surface area contributed by atoms with Crippen LogP contribution in [0.5, 0.6) is 0 Å². The molecule has 8 nitrogen and oxygen atoms in total. The second kappa shape index (κ2) is 4.77. The SMILES string of the molecule is O=C(NC1CCN(S(=O)(=O)F)C1)c1cnnn1C1CC1. The number of rotatable bonds is 4. The summed E-state index contributed by atoms with van der Waals surface area (Å²) in [5, 5.41) is 10.3. The first kappa shape index (κ1) is 13.4. The van der Waals surface area contributed by atoms with Crippen LogP contribution in [0.15, 0.2) is 6.20 Å². The normalized spacial score (nSPS) is 23.9. The highest BCUT2D eigenvalue weighted by Crippen LogP contribution is 2.34. The molecule has 2 aliphatic rings. The fraction of sp³-hybridized carbons (Fsp3) is 0.700. The Morgan fingerprint density at radius 2 is 2.15 bits per heavy atom. The third kappa shape index (κ3) is 2.66. The lowest BCUT2D eigenvalue weighted by Crippen LogP contribution is -2.38. The fourth-order valence-corrected chi connectivity index (χ4v) is 2.98. The van der Waals surface area contributed by atoms with Gasteiger partial charge in [-0.25, -0.2) is 4.68 Å². The van der Waals surface area contributed by atoms with Crippen LogP contribution in [0, 0.1) is 0 Å². The average Bonchev–Trinajstić information content (AvgIpc) is 2.91. The van der Waals surface area contributed by atoms with Gasteiger partial charge in [0.2, 0.25) is 0 Å². The number of hydrogen-bond acceptors (Lipinski definition) is 5. The Hall–Kier alpha value is -1.55. The van der Waals surface area contributed by atoms with Gasteiger partial charge in [-0.1, -0.05) is 9.10 Å². The minimum Gasteiger partial charge on any atom is -0.347 e. The van der Waals surface area contributed by atoms with Gasteiger partial charge in [0.15, 0.2) is 0 Å². The molecule has 10 heteroatoms. The van der Waals surface area contributed by atoms with Crippen LogP contribution >= 0.6 is 0 Å². The Kier molecular flexibility index (Phi) is 3.21. The maximum Gasteiger partial charge on any atom is 0.374 e. The number of hydrogen-bond donors (Lipinski definition) is 1. The lowest BCUT2D eigenvalue weighted by molar-refractivity contribution is 0.0927. The molecule has 1 saturated heterocycles. The summed E-state index contributed by atoms with van der Waals surface area (Å²) >= 11 is 0. The number of carbonyl (C=O) groups excluding carboxylic acids is 1. The molecule has 1 amide bonds.